The second-order valence-electron chi connectivity index (χ2n) is 3.98. The van der Waals surface area contributed by atoms with Crippen molar-refractivity contribution in [3.63, 3.8) is 0 Å². The highest BCUT2D eigenvalue weighted by atomic mass is 15.3. The fourth-order valence-corrected chi connectivity index (χ4v) is 1.88. The Balaban J connectivity index is 1.74. The fourth-order valence-electron chi connectivity index (χ4n) is 1.88. The van der Waals surface area contributed by atoms with Crippen LogP contribution < -0.4 is 5.32 Å². The minimum atomic E-state index is 0.768. The summed E-state index contributed by atoms with van der Waals surface area (Å²) < 4.78 is 1.88. The molecule has 0 fully saturated rings. The average Bonchev–Trinajstić information content (AvgIpc) is 2.92. The molecule has 0 spiro atoms. The molecule has 0 amide bonds. The van der Waals surface area contributed by atoms with E-state index in [4.69, 9.17) is 0 Å². The summed E-state index contributed by atoms with van der Waals surface area (Å²) in [5.41, 5.74) is 0. The molecule has 0 saturated heterocycles. The molecule has 3 rings (SSSR count). The first-order valence-electron chi connectivity index (χ1n) is 5.85. The van der Waals surface area contributed by atoms with Gasteiger partial charge in [0.1, 0.15) is 0 Å². The molecule has 5 heteroatoms. The molecule has 0 radical (unpaired) electrons. The van der Waals surface area contributed by atoms with Crippen molar-refractivity contribution in [1.82, 2.24) is 20.0 Å². The molecule has 0 bridgehead atoms. The molecule has 1 N–H and O–H groups in total. The van der Waals surface area contributed by atoms with E-state index in [-0.39, 0.29) is 0 Å². The normalized spacial score (nSPS) is 10.7. The monoisotopic (exact) mass is 239 g/mol. The van der Waals surface area contributed by atoms with Crippen LogP contribution in [-0.4, -0.2) is 26.5 Å². The van der Waals surface area contributed by atoms with Crippen LogP contribution in [0, 0.1) is 0 Å². The van der Waals surface area contributed by atoms with Crippen LogP contribution in [0.5, 0.6) is 0 Å². The predicted octanol–water partition coefficient (Wildman–Crippen LogP) is 1.94. The minimum Gasteiger partial charge on any atom is -0.366 e. The molecule has 2 heterocycles. The van der Waals surface area contributed by atoms with E-state index >= 15 is 0 Å². The van der Waals surface area contributed by atoms with Crippen molar-refractivity contribution in [1.29, 1.82) is 0 Å². The lowest BCUT2D eigenvalue weighted by atomic mass is 10.2. The predicted molar refractivity (Wildman–Crippen MR) is 70.3 cm³/mol. The molecule has 0 aliphatic rings. The number of nitrogens with zero attached hydrogens (tertiary/aromatic N) is 4. The van der Waals surface area contributed by atoms with Gasteiger partial charge in [0, 0.05) is 29.7 Å². The maximum atomic E-state index is 4.15. The number of anilines is 1. The van der Waals surface area contributed by atoms with Crippen molar-refractivity contribution in [3.05, 3.63) is 48.9 Å². The van der Waals surface area contributed by atoms with Crippen LogP contribution in [0.1, 0.15) is 0 Å². The van der Waals surface area contributed by atoms with Crippen LogP contribution in [0.4, 0.5) is 5.82 Å². The molecule has 0 aliphatic heterocycles. The molecule has 1 aromatic carbocycles. The lowest BCUT2D eigenvalue weighted by Crippen LogP contribution is -2.12. The number of hydrogen-bond donors (Lipinski definition) is 1. The largest absolute Gasteiger partial charge is 0.366 e. The van der Waals surface area contributed by atoms with Gasteiger partial charge in [-0.15, -0.1) is 5.10 Å². The Morgan fingerprint density at radius 3 is 3.00 bits per heavy atom. The summed E-state index contributed by atoms with van der Waals surface area (Å²) in [7, 11) is 0. The van der Waals surface area contributed by atoms with Crippen LogP contribution in [0.25, 0.3) is 10.8 Å². The molecule has 0 atom stereocenters. The van der Waals surface area contributed by atoms with E-state index in [1.165, 1.54) is 0 Å². The third-order valence-corrected chi connectivity index (χ3v) is 2.76. The lowest BCUT2D eigenvalue weighted by Gasteiger charge is -2.07. The van der Waals surface area contributed by atoms with Crippen molar-refractivity contribution in [2.45, 2.75) is 6.54 Å². The molecule has 5 nitrogen and oxygen atoms in total. The van der Waals surface area contributed by atoms with E-state index < -0.39 is 0 Å². The van der Waals surface area contributed by atoms with Gasteiger partial charge in [-0.1, -0.05) is 24.3 Å². The summed E-state index contributed by atoms with van der Waals surface area (Å²) in [4.78, 5) is 0. The third kappa shape index (κ3) is 2.15. The van der Waals surface area contributed by atoms with Gasteiger partial charge in [-0.25, -0.2) is 0 Å². The van der Waals surface area contributed by atoms with Gasteiger partial charge in [0.15, 0.2) is 5.82 Å². The van der Waals surface area contributed by atoms with Crippen LogP contribution >= 0.6 is 0 Å². The Bertz CT molecular complexity index is 627. The molecular formula is C13H13N5. The zero-order valence-corrected chi connectivity index (χ0v) is 9.82. The number of nitrogens with one attached hydrogen (secondary N) is 1. The van der Waals surface area contributed by atoms with Gasteiger partial charge in [-0.3, -0.25) is 4.68 Å². The number of hydrogen-bond acceptors (Lipinski definition) is 4. The van der Waals surface area contributed by atoms with Crippen molar-refractivity contribution in [2.24, 2.45) is 0 Å². The topological polar surface area (TPSA) is 55.6 Å². The molecule has 90 valence electrons. The van der Waals surface area contributed by atoms with E-state index in [2.05, 4.69) is 20.6 Å². The summed E-state index contributed by atoms with van der Waals surface area (Å²) in [6.07, 6.45) is 5.49. The Hall–Kier alpha value is -2.43. The van der Waals surface area contributed by atoms with Crippen molar-refractivity contribution < 1.29 is 0 Å². The maximum absolute atomic E-state index is 4.15. The van der Waals surface area contributed by atoms with E-state index in [9.17, 15) is 0 Å². The molecular weight excluding hydrogens is 226 g/mol. The Morgan fingerprint density at radius 2 is 2.11 bits per heavy atom. The first-order valence-corrected chi connectivity index (χ1v) is 5.85. The first-order chi connectivity index (χ1) is 8.93. The summed E-state index contributed by atoms with van der Waals surface area (Å²) in [6, 6.07) is 9.99. The molecule has 18 heavy (non-hydrogen) atoms. The van der Waals surface area contributed by atoms with Crippen LogP contribution in [0.3, 0.4) is 0 Å². The van der Waals surface area contributed by atoms with Crippen molar-refractivity contribution in [3.8, 4) is 0 Å². The van der Waals surface area contributed by atoms with Crippen molar-refractivity contribution >= 4 is 16.6 Å². The van der Waals surface area contributed by atoms with Crippen LogP contribution in [0.2, 0.25) is 0 Å². The van der Waals surface area contributed by atoms with Gasteiger partial charge in [0.05, 0.1) is 12.7 Å². The fraction of sp³-hybridized carbons (Fsp3) is 0.154. The van der Waals surface area contributed by atoms with E-state index in [0.717, 1.165) is 29.7 Å². The molecule has 2 aromatic heterocycles. The highest BCUT2D eigenvalue weighted by Crippen LogP contribution is 2.18. The summed E-state index contributed by atoms with van der Waals surface area (Å²) in [6.45, 7) is 1.57. The Labute approximate surface area is 104 Å². The van der Waals surface area contributed by atoms with E-state index in [1.54, 1.807) is 12.4 Å². The van der Waals surface area contributed by atoms with Gasteiger partial charge >= 0.3 is 0 Å². The Kier molecular flexibility index (Phi) is 2.87. The van der Waals surface area contributed by atoms with Crippen LogP contribution in [0.15, 0.2) is 48.9 Å². The second kappa shape index (κ2) is 4.83. The number of benzene rings is 1. The van der Waals surface area contributed by atoms with Gasteiger partial charge in [0.2, 0.25) is 0 Å². The summed E-state index contributed by atoms with van der Waals surface area (Å²) in [5.74, 6) is 0.820. The lowest BCUT2D eigenvalue weighted by molar-refractivity contribution is 0.637. The highest BCUT2D eigenvalue weighted by Gasteiger charge is 2.01. The third-order valence-electron chi connectivity index (χ3n) is 2.76. The first kappa shape index (κ1) is 10.7. The zero-order chi connectivity index (χ0) is 12.2. The molecule has 0 aliphatic carbocycles. The summed E-state index contributed by atoms with van der Waals surface area (Å²) >= 11 is 0. The minimum absolute atomic E-state index is 0.768. The van der Waals surface area contributed by atoms with Gasteiger partial charge < -0.3 is 5.32 Å². The van der Waals surface area contributed by atoms with Gasteiger partial charge in [-0.05, 0) is 6.07 Å². The van der Waals surface area contributed by atoms with Gasteiger partial charge in [0.25, 0.3) is 0 Å². The van der Waals surface area contributed by atoms with Crippen molar-refractivity contribution in [2.75, 3.05) is 11.9 Å². The average molecular weight is 239 g/mol. The van der Waals surface area contributed by atoms with E-state index in [1.807, 2.05) is 41.2 Å². The number of aromatic nitrogens is 4. The SMILES string of the molecule is c1ccc2c(NCCn3cccn3)nncc2c1. The number of fused-ring (bicyclic) bond motifs is 1. The smallest absolute Gasteiger partial charge is 0.156 e. The summed E-state index contributed by atoms with van der Waals surface area (Å²) in [5, 5.41) is 17.8. The molecule has 0 saturated carbocycles. The standard InChI is InChI=1S/C13H13N5/c1-2-5-12-11(4-1)10-15-17-13(12)14-7-9-18-8-3-6-16-18/h1-6,8,10H,7,9H2,(H,14,17). The Morgan fingerprint density at radius 1 is 1.17 bits per heavy atom. The van der Waals surface area contributed by atoms with E-state index in [0.29, 0.717) is 0 Å². The molecule has 0 unspecified atom stereocenters. The zero-order valence-electron chi connectivity index (χ0n) is 9.82. The second-order valence-corrected chi connectivity index (χ2v) is 3.98. The van der Waals surface area contributed by atoms with Gasteiger partial charge in [-0.2, -0.15) is 10.2 Å². The molecule has 3 aromatic rings. The quantitative estimate of drug-likeness (QED) is 0.756. The highest BCUT2D eigenvalue weighted by molar-refractivity contribution is 5.90. The number of rotatable bonds is 4. The van der Waals surface area contributed by atoms with Crippen LogP contribution in [-0.2, 0) is 6.54 Å². The maximum Gasteiger partial charge on any atom is 0.156 e.